The highest BCUT2D eigenvalue weighted by atomic mass is 16.5. The number of hydrogen-bond donors (Lipinski definition) is 1. The van der Waals surface area contributed by atoms with Crippen LogP contribution >= 0.6 is 0 Å². The minimum Gasteiger partial charge on any atom is -0.489 e. The van der Waals surface area contributed by atoms with Crippen molar-refractivity contribution in [1.29, 1.82) is 0 Å². The molecular formula is C12H21N3O2. The molecule has 0 aliphatic carbocycles. The van der Waals surface area contributed by atoms with Crippen LogP contribution in [-0.4, -0.2) is 41.7 Å². The predicted octanol–water partition coefficient (Wildman–Crippen LogP) is 0.956. The van der Waals surface area contributed by atoms with Gasteiger partial charge in [-0.25, -0.2) is 0 Å². The molecule has 0 radical (unpaired) electrons. The van der Waals surface area contributed by atoms with Crippen LogP contribution in [0.1, 0.15) is 19.8 Å². The van der Waals surface area contributed by atoms with Crippen molar-refractivity contribution in [2.24, 2.45) is 7.05 Å². The second-order valence-electron chi connectivity index (χ2n) is 4.49. The van der Waals surface area contributed by atoms with Crippen LogP contribution in [-0.2, 0) is 11.8 Å². The molecule has 2 unspecified atom stereocenters. The Morgan fingerprint density at radius 2 is 2.59 bits per heavy atom. The first-order valence-corrected chi connectivity index (χ1v) is 6.22. The lowest BCUT2D eigenvalue weighted by molar-refractivity contribution is 0.0824. The molecule has 17 heavy (non-hydrogen) atoms. The molecule has 5 nitrogen and oxygen atoms in total. The first kappa shape index (κ1) is 12.4. The SMILES string of the molecule is CC(NCCOc1cnn(C)c1)C1CCCO1. The molecule has 1 aromatic rings. The number of aromatic nitrogens is 2. The molecular weight excluding hydrogens is 218 g/mol. The van der Waals surface area contributed by atoms with Crippen LogP contribution in [0.3, 0.4) is 0 Å². The summed E-state index contributed by atoms with van der Waals surface area (Å²) in [5.74, 6) is 0.819. The Labute approximate surface area is 102 Å². The molecule has 0 spiro atoms. The molecule has 5 heteroatoms. The number of aryl methyl sites for hydroxylation is 1. The predicted molar refractivity (Wildman–Crippen MR) is 65.1 cm³/mol. The third-order valence-corrected chi connectivity index (χ3v) is 3.04. The Hall–Kier alpha value is -1.07. The van der Waals surface area contributed by atoms with E-state index in [2.05, 4.69) is 17.3 Å². The average Bonchev–Trinajstić information content (AvgIpc) is 2.95. The Bertz CT molecular complexity index is 334. The molecule has 2 heterocycles. The Morgan fingerprint density at radius 1 is 1.71 bits per heavy atom. The van der Waals surface area contributed by atoms with E-state index in [1.165, 1.54) is 6.42 Å². The summed E-state index contributed by atoms with van der Waals surface area (Å²) in [4.78, 5) is 0. The van der Waals surface area contributed by atoms with Crippen LogP contribution in [0.4, 0.5) is 0 Å². The van der Waals surface area contributed by atoms with Gasteiger partial charge in [0.15, 0.2) is 5.75 Å². The van der Waals surface area contributed by atoms with E-state index in [1.54, 1.807) is 10.9 Å². The molecule has 2 rings (SSSR count). The zero-order valence-electron chi connectivity index (χ0n) is 10.6. The van der Waals surface area contributed by atoms with Gasteiger partial charge in [-0.05, 0) is 19.8 Å². The highest BCUT2D eigenvalue weighted by Gasteiger charge is 2.21. The maximum Gasteiger partial charge on any atom is 0.157 e. The number of nitrogens with one attached hydrogen (secondary N) is 1. The van der Waals surface area contributed by atoms with E-state index in [-0.39, 0.29) is 0 Å². The van der Waals surface area contributed by atoms with E-state index in [0.717, 1.165) is 25.3 Å². The second-order valence-corrected chi connectivity index (χ2v) is 4.49. The summed E-state index contributed by atoms with van der Waals surface area (Å²) in [7, 11) is 1.88. The first-order valence-electron chi connectivity index (χ1n) is 6.22. The van der Waals surface area contributed by atoms with Crippen molar-refractivity contribution in [3.8, 4) is 5.75 Å². The summed E-state index contributed by atoms with van der Waals surface area (Å²) in [6.45, 7) is 4.56. The van der Waals surface area contributed by atoms with Crippen molar-refractivity contribution in [3.05, 3.63) is 12.4 Å². The molecule has 96 valence electrons. The molecule has 0 saturated carbocycles. The van der Waals surface area contributed by atoms with Crippen molar-refractivity contribution in [2.75, 3.05) is 19.8 Å². The molecule has 1 aliphatic heterocycles. The van der Waals surface area contributed by atoms with Crippen LogP contribution in [0.25, 0.3) is 0 Å². The van der Waals surface area contributed by atoms with Gasteiger partial charge >= 0.3 is 0 Å². The second kappa shape index (κ2) is 6.02. The molecule has 1 saturated heterocycles. The van der Waals surface area contributed by atoms with Crippen LogP contribution in [0.2, 0.25) is 0 Å². The summed E-state index contributed by atoms with van der Waals surface area (Å²) in [6, 6.07) is 0.398. The lowest BCUT2D eigenvalue weighted by Crippen LogP contribution is -2.39. The molecule has 2 atom stereocenters. The summed E-state index contributed by atoms with van der Waals surface area (Å²) in [5, 5.41) is 7.47. The van der Waals surface area contributed by atoms with Gasteiger partial charge in [-0.2, -0.15) is 5.10 Å². The Morgan fingerprint density at radius 3 is 3.24 bits per heavy atom. The summed E-state index contributed by atoms with van der Waals surface area (Å²) in [6.07, 6.45) is 6.31. The average molecular weight is 239 g/mol. The van der Waals surface area contributed by atoms with Crippen molar-refractivity contribution < 1.29 is 9.47 Å². The van der Waals surface area contributed by atoms with E-state index < -0.39 is 0 Å². The maximum atomic E-state index is 5.62. The molecule has 1 fully saturated rings. The summed E-state index contributed by atoms with van der Waals surface area (Å²) in [5.41, 5.74) is 0. The monoisotopic (exact) mass is 239 g/mol. The van der Waals surface area contributed by atoms with Gasteiger partial charge in [0.25, 0.3) is 0 Å². The minimum atomic E-state index is 0.369. The van der Waals surface area contributed by atoms with E-state index >= 15 is 0 Å². The lowest BCUT2D eigenvalue weighted by Gasteiger charge is -2.19. The number of rotatable bonds is 6. The largest absolute Gasteiger partial charge is 0.489 e. The lowest BCUT2D eigenvalue weighted by atomic mass is 10.1. The number of nitrogens with zero attached hydrogens (tertiary/aromatic N) is 2. The zero-order chi connectivity index (χ0) is 12.1. The highest BCUT2D eigenvalue weighted by molar-refractivity contribution is 5.11. The summed E-state index contributed by atoms with van der Waals surface area (Å²) < 4.78 is 12.9. The van der Waals surface area contributed by atoms with Crippen LogP contribution < -0.4 is 10.1 Å². The summed E-state index contributed by atoms with van der Waals surface area (Å²) >= 11 is 0. The number of hydrogen-bond acceptors (Lipinski definition) is 4. The Balaban J connectivity index is 1.59. The fourth-order valence-corrected chi connectivity index (χ4v) is 2.06. The fourth-order valence-electron chi connectivity index (χ4n) is 2.06. The van der Waals surface area contributed by atoms with Crippen LogP contribution in [0.5, 0.6) is 5.75 Å². The normalized spacial score (nSPS) is 21.6. The fraction of sp³-hybridized carbons (Fsp3) is 0.750. The standard InChI is InChI=1S/C12H21N3O2/c1-10(12-4-3-6-17-12)13-5-7-16-11-8-14-15(2)9-11/h8-10,12-13H,3-7H2,1-2H3. The van der Waals surface area contributed by atoms with Gasteiger partial charge < -0.3 is 14.8 Å². The van der Waals surface area contributed by atoms with Gasteiger partial charge in [-0.15, -0.1) is 0 Å². The van der Waals surface area contributed by atoms with E-state index in [9.17, 15) is 0 Å². The van der Waals surface area contributed by atoms with E-state index in [1.807, 2.05) is 13.2 Å². The molecule has 1 N–H and O–H groups in total. The zero-order valence-corrected chi connectivity index (χ0v) is 10.6. The minimum absolute atomic E-state index is 0.369. The third-order valence-electron chi connectivity index (χ3n) is 3.04. The topological polar surface area (TPSA) is 48.3 Å². The van der Waals surface area contributed by atoms with Crippen molar-refractivity contribution in [3.63, 3.8) is 0 Å². The van der Waals surface area contributed by atoms with Crippen molar-refractivity contribution >= 4 is 0 Å². The molecule has 0 bridgehead atoms. The van der Waals surface area contributed by atoms with Crippen molar-refractivity contribution in [2.45, 2.75) is 31.9 Å². The van der Waals surface area contributed by atoms with Gasteiger partial charge in [-0.3, -0.25) is 4.68 Å². The van der Waals surface area contributed by atoms with Gasteiger partial charge in [-0.1, -0.05) is 0 Å². The molecule has 1 aromatic heterocycles. The first-order chi connectivity index (χ1) is 8.25. The smallest absolute Gasteiger partial charge is 0.157 e. The van der Waals surface area contributed by atoms with Crippen LogP contribution in [0, 0.1) is 0 Å². The van der Waals surface area contributed by atoms with Gasteiger partial charge in [0, 0.05) is 26.2 Å². The maximum absolute atomic E-state index is 5.62. The van der Waals surface area contributed by atoms with Crippen molar-refractivity contribution in [1.82, 2.24) is 15.1 Å². The van der Waals surface area contributed by atoms with Gasteiger partial charge in [0.05, 0.1) is 18.5 Å². The van der Waals surface area contributed by atoms with E-state index in [0.29, 0.717) is 18.8 Å². The molecule has 0 amide bonds. The van der Waals surface area contributed by atoms with Gasteiger partial charge in [0.2, 0.25) is 0 Å². The quantitative estimate of drug-likeness (QED) is 0.751. The van der Waals surface area contributed by atoms with E-state index in [4.69, 9.17) is 9.47 Å². The molecule has 1 aliphatic rings. The van der Waals surface area contributed by atoms with Crippen LogP contribution in [0.15, 0.2) is 12.4 Å². The third kappa shape index (κ3) is 3.71. The highest BCUT2D eigenvalue weighted by Crippen LogP contribution is 2.15. The Kier molecular flexibility index (Phi) is 4.39. The molecule has 0 aromatic carbocycles. The number of ether oxygens (including phenoxy) is 2. The van der Waals surface area contributed by atoms with Gasteiger partial charge in [0.1, 0.15) is 6.61 Å².